The maximum Gasteiger partial charge on any atom is 0.231 e. The van der Waals surface area contributed by atoms with Gasteiger partial charge in [0.2, 0.25) is 6.79 Å². The third-order valence-corrected chi connectivity index (χ3v) is 3.30. The van der Waals surface area contributed by atoms with Crippen LogP contribution in [0.4, 0.5) is 0 Å². The van der Waals surface area contributed by atoms with Crippen LogP contribution in [0.3, 0.4) is 0 Å². The second-order valence-electron chi connectivity index (χ2n) is 4.25. The number of hydrogen-bond donors (Lipinski definition) is 0. The normalized spacial score (nSPS) is 24.7. The Balaban J connectivity index is 1.92. The first-order chi connectivity index (χ1) is 7.34. The molecule has 2 aliphatic rings. The fraction of sp³-hybridized carbons (Fsp3) is 0.500. The fourth-order valence-corrected chi connectivity index (χ4v) is 2.45. The van der Waals surface area contributed by atoms with Crippen LogP contribution in [0.1, 0.15) is 24.4 Å². The number of fused-ring (bicyclic) bond motifs is 1. The zero-order valence-corrected chi connectivity index (χ0v) is 8.90. The molecule has 2 heterocycles. The van der Waals surface area contributed by atoms with Crippen LogP contribution < -0.4 is 9.47 Å². The molecule has 0 aromatic heterocycles. The van der Waals surface area contributed by atoms with E-state index in [4.69, 9.17) is 9.47 Å². The van der Waals surface area contributed by atoms with Crippen molar-refractivity contribution < 1.29 is 9.47 Å². The van der Waals surface area contributed by atoms with E-state index in [1.807, 2.05) is 6.07 Å². The Morgan fingerprint density at radius 1 is 1.27 bits per heavy atom. The summed E-state index contributed by atoms with van der Waals surface area (Å²) in [5, 5.41) is 0. The van der Waals surface area contributed by atoms with Crippen molar-refractivity contribution in [3.8, 4) is 11.5 Å². The van der Waals surface area contributed by atoms with Crippen molar-refractivity contribution >= 4 is 0 Å². The lowest BCUT2D eigenvalue weighted by atomic mass is 10.0. The van der Waals surface area contributed by atoms with Gasteiger partial charge in [-0.25, -0.2) is 0 Å². The summed E-state index contributed by atoms with van der Waals surface area (Å²) in [6, 6.07) is 6.85. The molecule has 80 valence electrons. The highest BCUT2D eigenvalue weighted by Crippen LogP contribution is 2.38. The van der Waals surface area contributed by atoms with Gasteiger partial charge < -0.3 is 9.47 Å². The van der Waals surface area contributed by atoms with Gasteiger partial charge in [0.25, 0.3) is 0 Å². The molecular formula is C12H15NO2. The summed E-state index contributed by atoms with van der Waals surface area (Å²) in [4.78, 5) is 2.40. The van der Waals surface area contributed by atoms with Gasteiger partial charge >= 0.3 is 0 Å². The molecule has 0 amide bonds. The quantitative estimate of drug-likeness (QED) is 0.701. The van der Waals surface area contributed by atoms with Gasteiger partial charge in [0.05, 0.1) is 0 Å². The zero-order chi connectivity index (χ0) is 10.3. The van der Waals surface area contributed by atoms with Crippen LogP contribution in [0.25, 0.3) is 0 Å². The van der Waals surface area contributed by atoms with Crippen molar-refractivity contribution in [2.45, 2.75) is 18.9 Å². The average molecular weight is 205 g/mol. The third kappa shape index (κ3) is 1.47. The van der Waals surface area contributed by atoms with E-state index in [9.17, 15) is 0 Å². The van der Waals surface area contributed by atoms with Crippen molar-refractivity contribution in [2.75, 3.05) is 20.4 Å². The zero-order valence-electron chi connectivity index (χ0n) is 8.90. The van der Waals surface area contributed by atoms with Crippen molar-refractivity contribution in [3.63, 3.8) is 0 Å². The summed E-state index contributed by atoms with van der Waals surface area (Å²) >= 11 is 0. The van der Waals surface area contributed by atoms with E-state index in [0.29, 0.717) is 12.8 Å². The molecule has 0 aliphatic carbocycles. The maximum absolute atomic E-state index is 5.39. The van der Waals surface area contributed by atoms with Gasteiger partial charge in [-0.05, 0) is 44.1 Å². The molecule has 1 fully saturated rings. The Labute approximate surface area is 89.6 Å². The number of rotatable bonds is 1. The van der Waals surface area contributed by atoms with Gasteiger partial charge in [0, 0.05) is 6.04 Å². The molecule has 3 rings (SSSR count). The summed E-state index contributed by atoms with van der Waals surface area (Å²) in [5.74, 6) is 1.77. The van der Waals surface area contributed by atoms with E-state index in [0.717, 1.165) is 11.5 Å². The number of hydrogen-bond acceptors (Lipinski definition) is 3. The molecule has 0 spiro atoms. The smallest absolute Gasteiger partial charge is 0.231 e. The summed E-state index contributed by atoms with van der Waals surface area (Å²) in [7, 11) is 2.18. The Morgan fingerprint density at radius 2 is 2.13 bits per heavy atom. The first-order valence-electron chi connectivity index (χ1n) is 5.44. The predicted molar refractivity (Wildman–Crippen MR) is 57.2 cm³/mol. The van der Waals surface area contributed by atoms with Crippen LogP contribution in [0.15, 0.2) is 18.2 Å². The maximum atomic E-state index is 5.39. The van der Waals surface area contributed by atoms with E-state index in [1.54, 1.807) is 0 Å². The van der Waals surface area contributed by atoms with E-state index in [1.165, 1.54) is 24.9 Å². The molecule has 1 aromatic carbocycles. The fourth-order valence-electron chi connectivity index (χ4n) is 2.45. The minimum absolute atomic E-state index is 0.360. The Morgan fingerprint density at radius 3 is 2.93 bits per heavy atom. The molecule has 15 heavy (non-hydrogen) atoms. The van der Waals surface area contributed by atoms with Crippen LogP contribution in [-0.2, 0) is 0 Å². The molecule has 0 radical (unpaired) electrons. The second-order valence-corrected chi connectivity index (χ2v) is 4.25. The summed E-state index contributed by atoms with van der Waals surface area (Å²) in [5.41, 5.74) is 1.35. The minimum Gasteiger partial charge on any atom is -0.454 e. The van der Waals surface area contributed by atoms with E-state index in [-0.39, 0.29) is 0 Å². The molecule has 0 saturated carbocycles. The number of benzene rings is 1. The first-order valence-corrected chi connectivity index (χ1v) is 5.44. The van der Waals surface area contributed by atoms with Crippen LogP contribution in [-0.4, -0.2) is 25.3 Å². The molecule has 3 heteroatoms. The summed E-state index contributed by atoms with van der Waals surface area (Å²) in [6.07, 6.45) is 2.53. The standard InChI is InChI=1S/C12H15NO2/c1-13-6-2-3-10(13)9-4-5-11-12(7-9)15-8-14-11/h4-5,7,10H,2-3,6,8H2,1H3. The lowest BCUT2D eigenvalue weighted by Gasteiger charge is -2.19. The predicted octanol–water partition coefficient (Wildman–Crippen LogP) is 2.18. The van der Waals surface area contributed by atoms with Crippen molar-refractivity contribution in [3.05, 3.63) is 23.8 Å². The second kappa shape index (κ2) is 3.42. The van der Waals surface area contributed by atoms with Gasteiger partial charge in [0.15, 0.2) is 11.5 Å². The number of nitrogens with zero attached hydrogens (tertiary/aromatic N) is 1. The molecule has 1 atom stereocenters. The first kappa shape index (κ1) is 9.04. The Kier molecular flexibility index (Phi) is 2.06. The Bertz CT molecular complexity index is 378. The highest BCUT2D eigenvalue weighted by atomic mass is 16.7. The lowest BCUT2D eigenvalue weighted by Crippen LogP contribution is -2.17. The van der Waals surface area contributed by atoms with Crippen LogP contribution >= 0.6 is 0 Å². The molecular weight excluding hydrogens is 190 g/mol. The SMILES string of the molecule is CN1CCCC1c1ccc2c(c1)OCO2. The molecule has 0 bridgehead atoms. The van der Waals surface area contributed by atoms with Crippen molar-refractivity contribution in [1.82, 2.24) is 4.90 Å². The van der Waals surface area contributed by atoms with Crippen LogP contribution in [0.2, 0.25) is 0 Å². The molecule has 3 nitrogen and oxygen atoms in total. The number of ether oxygens (including phenoxy) is 2. The summed E-state index contributed by atoms with van der Waals surface area (Å²) < 4.78 is 10.7. The van der Waals surface area contributed by atoms with Gasteiger partial charge in [-0.1, -0.05) is 6.07 Å². The van der Waals surface area contributed by atoms with Crippen molar-refractivity contribution in [1.29, 1.82) is 0 Å². The topological polar surface area (TPSA) is 21.7 Å². The van der Waals surface area contributed by atoms with E-state index in [2.05, 4.69) is 24.1 Å². The highest BCUT2D eigenvalue weighted by molar-refractivity contribution is 5.45. The van der Waals surface area contributed by atoms with Gasteiger partial charge in [0.1, 0.15) is 0 Å². The van der Waals surface area contributed by atoms with E-state index >= 15 is 0 Å². The van der Waals surface area contributed by atoms with Gasteiger partial charge in [-0.3, -0.25) is 4.90 Å². The summed E-state index contributed by atoms with van der Waals surface area (Å²) in [6.45, 7) is 1.55. The molecule has 0 N–H and O–H groups in total. The van der Waals surface area contributed by atoms with Crippen molar-refractivity contribution in [2.24, 2.45) is 0 Å². The molecule has 2 aliphatic heterocycles. The molecule has 1 saturated heterocycles. The highest BCUT2D eigenvalue weighted by Gasteiger charge is 2.24. The van der Waals surface area contributed by atoms with Gasteiger partial charge in [-0.2, -0.15) is 0 Å². The molecule has 1 unspecified atom stereocenters. The van der Waals surface area contributed by atoms with Crippen LogP contribution in [0, 0.1) is 0 Å². The third-order valence-electron chi connectivity index (χ3n) is 3.30. The monoisotopic (exact) mass is 205 g/mol. The van der Waals surface area contributed by atoms with E-state index < -0.39 is 0 Å². The largest absolute Gasteiger partial charge is 0.454 e. The number of likely N-dealkylation sites (tertiary alicyclic amines) is 1. The van der Waals surface area contributed by atoms with Crippen LogP contribution in [0.5, 0.6) is 11.5 Å². The Hall–Kier alpha value is -1.22. The van der Waals surface area contributed by atoms with Gasteiger partial charge in [-0.15, -0.1) is 0 Å². The molecule has 1 aromatic rings. The average Bonchev–Trinajstić information content (AvgIpc) is 2.84. The minimum atomic E-state index is 0.360. The lowest BCUT2D eigenvalue weighted by molar-refractivity contribution is 0.174.